The molecule has 0 saturated carbocycles. The van der Waals surface area contributed by atoms with E-state index >= 15 is 0 Å². The molecule has 0 radical (unpaired) electrons. The van der Waals surface area contributed by atoms with Crippen molar-refractivity contribution in [1.29, 1.82) is 0 Å². The molecular formula is C24H25Cl2N7O5. The van der Waals surface area contributed by atoms with Gasteiger partial charge in [-0.25, -0.2) is 4.98 Å². The maximum Gasteiger partial charge on any atom is 0.276 e. The van der Waals surface area contributed by atoms with Crippen molar-refractivity contribution in [3.05, 3.63) is 64.0 Å². The van der Waals surface area contributed by atoms with Crippen molar-refractivity contribution in [2.75, 3.05) is 20.3 Å². The molecule has 1 aliphatic heterocycles. The second-order valence-electron chi connectivity index (χ2n) is 8.59. The number of halogens is 2. The summed E-state index contributed by atoms with van der Waals surface area (Å²) < 4.78 is 17.7. The summed E-state index contributed by atoms with van der Waals surface area (Å²) >= 11 is 0. The Morgan fingerprint density at radius 3 is 2.79 bits per heavy atom. The number of methoxy groups -OCH3 is 1. The van der Waals surface area contributed by atoms with Gasteiger partial charge in [-0.15, -0.1) is 29.9 Å². The molecule has 6 rings (SSSR count). The van der Waals surface area contributed by atoms with E-state index in [9.17, 15) is 9.90 Å². The highest BCUT2D eigenvalue weighted by Crippen LogP contribution is 2.27. The van der Waals surface area contributed by atoms with E-state index in [1.807, 2.05) is 6.07 Å². The lowest BCUT2D eigenvalue weighted by atomic mass is 9.89. The molecule has 0 unspecified atom stereocenters. The average Bonchev–Trinajstić information content (AvgIpc) is 2.91. The third-order valence-electron chi connectivity index (χ3n) is 6.30. The van der Waals surface area contributed by atoms with Gasteiger partial charge in [-0.05, 0) is 17.7 Å². The van der Waals surface area contributed by atoms with Crippen molar-refractivity contribution in [2.24, 2.45) is 0 Å². The van der Waals surface area contributed by atoms with Crippen LogP contribution in [0.3, 0.4) is 0 Å². The predicted molar refractivity (Wildman–Crippen MR) is 141 cm³/mol. The Morgan fingerprint density at radius 2 is 1.95 bits per heavy atom. The summed E-state index contributed by atoms with van der Waals surface area (Å²) in [4.78, 5) is 26.0. The van der Waals surface area contributed by atoms with E-state index in [2.05, 4.69) is 30.5 Å². The molecule has 14 heteroatoms. The van der Waals surface area contributed by atoms with Crippen LogP contribution >= 0.6 is 24.8 Å². The standard InChI is InChI=1S/C24H23N7O5.2ClH/c1-34-21-3-2-16-23(28-21)31(22(33)12-27-16)15-6-13-7-19(32)18(9-17(13)26-11-15)25-10-14-8-20-24(30-29-14)36-5-4-35-20;;/h2-3,6,8,11-12,18-19,25,32H,4-5,7,9-10H2,1H3;2*1H/t18-,19+;;/m0../s1. The van der Waals surface area contributed by atoms with Crippen LogP contribution in [0.4, 0.5) is 0 Å². The molecule has 0 aromatic carbocycles. The molecule has 4 aromatic rings. The molecule has 12 nitrogen and oxygen atoms in total. The summed E-state index contributed by atoms with van der Waals surface area (Å²) in [6.07, 6.45) is 3.15. The Morgan fingerprint density at radius 1 is 1.11 bits per heavy atom. The summed E-state index contributed by atoms with van der Waals surface area (Å²) in [5.41, 5.74) is 3.56. The summed E-state index contributed by atoms with van der Waals surface area (Å²) in [5.74, 6) is 1.34. The zero-order valence-electron chi connectivity index (χ0n) is 20.2. The number of aromatic nitrogens is 6. The van der Waals surface area contributed by atoms with Crippen molar-refractivity contribution in [3.63, 3.8) is 0 Å². The summed E-state index contributed by atoms with van der Waals surface area (Å²) in [6.45, 7) is 1.34. The molecule has 0 spiro atoms. The number of nitrogens with zero attached hydrogens (tertiary/aromatic N) is 6. The molecule has 2 N–H and O–H groups in total. The predicted octanol–water partition coefficient (Wildman–Crippen LogP) is 1.21. The lowest BCUT2D eigenvalue weighted by Gasteiger charge is -2.30. The van der Waals surface area contributed by atoms with Gasteiger partial charge in [0.2, 0.25) is 5.88 Å². The Hall–Kier alpha value is -3.58. The van der Waals surface area contributed by atoms with Crippen LogP contribution < -0.4 is 25.1 Å². The van der Waals surface area contributed by atoms with Crippen LogP contribution in [0.25, 0.3) is 16.9 Å². The molecule has 0 fully saturated rings. The fraction of sp³-hybridized carbons (Fsp3) is 0.333. The van der Waals surface area contributed by atoms with Gasteiger partial charge in [-0.2, -0.15) is 10.1 Å². The highest BCUT2D eigenvalue weighted by Gasteiger charge is 2.28. The molecule has 5 heterocycles. The highest BCUT2D eigenvalue weighted by atomic mass is 35.5. The zero-order valence-corrected chi connectivity index (χ0v) is 21.9. The number of hydrogen-bond donors (Lipinski definition) is 2. The molecule has 2 atom stereocenters. The van der Waals surface area contributed by atoms with Gasteiger partial charge in [-0.3, -0.25) is 14.3 Å². The molecular weight excluding hydrogens is 537 g/mol. The minimum Gasteiger partial charge on any atom is -0.484 e. The first-order chi connectivity index (χ1) is 17.6. The van der Waals surface area contributed by atoms with Crippen LogP contribution in [0.1, 0.15) is 17.0 Å². The molecule has 1 aliphatic carbocycles. The minimum atomic E-state index is -0.649. The van der Waals surface area contributed by atoms with Crippen molar-refractivity contribution in [1.82, 2.24) is 35.0 Å². The summed E-state index contributed by atoms with van der Waals surface area (Å²) in [7, 11) is 1.51. The largest absolute Gasteiger partial charge is 0.484 e. The third kappa shape index (κ3) is 5.20. The van der Waals surface area contributed by atoms with Crippen LogP contribution in [0.2, 0.25) is 0 Å². The van der Waals surface area contributed by atoms with Gasteiger partial charge in [0.25, 0.3) is 11.4 Å². The van der Waals surface area contributed by atoms with E-state index in [-0.39, 0.29) is 36.4 Å². The molecule has 0 bridgehead atoms. The maximum atomic E-state index is 12.7. The molecule has 0 amide bonds. The zero-order chi connectivity index (χ0) is 24.6. The lowest BCUT2D eigenvalue weighted by Crippen LogP contribution is -2.45. The van der Waals surface area contributed by atoms with Crippen molar-refractivity contribution in [2.45, 2.75) is 31.5 Å². The maximum absolute atomic E-state index is 12.7. The van der Waals surface area contributed by atoms with E-state index < -0.39 is 6.10 Å². The van der Waals surface area contributed by atoms with Crippen molar-refractivity contribution < 1.29 is 19.3 Å². The summed E-state index contributed by atoms with van der Waals surface area (Å²) in [6, 6.07) is 6.88. The fourth-order valence-corrected chi connectivity index (χ4v) is 4.48. The van der Waals surface area contributed by atoms with Gasteiger partial charge in [0.1, 0.15) is 18.7 Å². The normalized spacial score (nSPS) is 17.6. The van der Waals surface area contributed by atoms with Gasteiger partial charge in [0.15, 0.2) is 11.4 Å². The van der Waals surface area contributed by atoms with Crippen molar-refractivity contribution in [3.8, 4) is 23.2 Å². The van der Waals surface area contributed by atoms with Gasteiger partial charge in [0.05, 0.1) is 37.0 Å². The van der Waals surface area contributed by atoms with Crippen LogP contribution in [-0.2, 0) is 19.4 Å². The molecule has 2 aliphatic rings. The first kappa shape index (κ1) is 27.5. The van der Waals surface area contributed by atoms with Gasteiger partial charge in [-0.1, -0.05) is 0 Å². The molecule has 0 saturated heterocycles. The number of hydrogen-bond acceptors (Lipinski definition) is 11. The van der Waals surface area contributed by atoms with Crippen LogP contribution in [0.15, 0.2) is 41.5 Å². The van der Waals surface area contributed by atoms with Gasteiger partial charge >= 0.3 is 0 Å². The number of aliphatic hydroxyl groups excluding tert-OH is 1. The topological polar surface area (TPSA) is 146 Å². The number of pyridine rings is 2. The summed E-state index contributed by atoms with van der Waals surface area (Å²) in [5, 5.41) is 22.4. The number of aliphatic hydroxyl groups is 1. The molecule has 200 valence electrons. The van der Waals surface area contributed by atoms with E-state index in [1.54, 1.807) is 24.4 Å². The quantitative estimate of drug-likeness (QED) is 0.362. The Balaban J connectivity index is 0.00000168. The Labute approximate surface area is 229 Å². The van der Waals surface area contributed by atoms with E-state index in [4.69, 9.17) is 14.2 Å². The first-order valence-electron chi connectivity index (χ1n) is 11.5. The average molecular weight is 562 g/mol. The second kappa shape index (κ2) is 11.4. The highest BCUT2D eigenvalue weighted by molar-refractivity contribution is 5.85. The molecule has 4 aromatic heterocycles. The van der Waals surface area contributed by atoms with E-state index in [0.29, 0.717) is 72.7 Å². The number of fused-ring (bicyclic) bond motifs is 3. The lowest BCUT2D eigenvalue weighted by molar-refractivity contribution is 0.117. The van der Waals surface area contributed by atoms with Crippen LogP contribution in [-0.4, -0.2) is 67.3 Å². The van der Waals surface area contributed by atoms with Crippen LogP contribution in [0, 0.1) is 0 Å². The van der Waals surface area contributed by atoms with Gasteiger partial charge in [0, 0.05) is 43.3 Å². The minimum absolute atomic E-state index is 0. The molecule has 38 heavy (non-hydrogen) atoms. The van der Waals surface area contributed by atoms with Gasteiger partial charge < -0.3 is 24.6 Å². The van der Waals surface area contributed by atoms with E-state index in [1.165, 1.54) is 17.9 Å². The second-order valence-corrected chi connectivity index (χ2v) is 8.59. The SMILES string of the molecule is COc1ccc2ncc(=O)n(-c3cnc4c(c3)C[C@@H](O)[C@@H](NCc3cc5c(nn3)OCCO5)C4)c2n1.Cl.Cl. The fourth-order valence-electron chi connectivity index (χ4n) is 4.48. The monoisotopic (exact) mass is 561 g/mol. The van der Waals surface area contributed by atoms with E-state index in [0.717, 1.165) is 11.3 Å². The number of rotatable bonds is 5. The Kier molecular flexibility index (Phi) is 8.26. The first-order valence-corrected chi connectivity index (χ1v) is 11.5. The third-order valence-corrected chi connectivity index (χ3v) is 6.30. The number of ether oxygens (including phenoxy) is 3. The smallest absolute Gasteiger partial charge is 0.276 e. The van der Waals surface area contributed by atoms with Crippen molar-refractivity contribution >= 4 is 36.0 Å². The number of nitrogens with one attached hydrogen (secondary N) is 1. The Bertz CT molecular complexity index is 1520. The van der Waals surface area contributed by atoms with Crippen LogP contribution in [0.5, 0.6) is 17.5 Å².